The third kappa shape index (κ3) is 4.52. The van der Waals surface area contributed by atoms with Crippen LogP contribution in [0.3, 0.4) is 0 Å². The summed E-state index contributed by atoms with van der Waals surface area (Å²) in [6, 6.07) is 12.1. The van der Waals surface area contributed by atoms with E-state index in [-0.39, 0.29) is 11.7 Å². The van der Waals surface area contributed by atoms with Gasteiger partial charge in [-0.2, -0.15) is 8.78 Å². The third-order valence-corrected chi connectivity index (χ3v) is 3.33. The fourth-order valence-electron chi connectivity index (χ4n) is 2.12. The maximum atomic E-state index is 12.3. The van der Waals surface area contributed by atoms with Crippen molar-refractivity contribution in [3.05, 3.63) is 65.2 Å². The highest BCUT2D eigenvalue weighted by atomic mass is 19.3. The number of amides is 2. The standard InChI is InChI=1S/C17H16F2N2O3/c1-21(10-11-2-4-12(5-3-11)15(20)22)16(23)13-6-8-14(9-7-13)24-17(18)19/h2-9,17H,10H2,1H3,(H2,20,22). The van der Waals surface area contributed by atoms with Gasteiger partial charge in [0.1, 0.15) is 5.75 Å². The van der Waals surface area contributed by atoms with Crippen molar-refractivity contribution in [2.75, 3.05) is 7.05 Å². The number of nitrogens with zero attached hydrogens (tertiary/aromatic N) is 1. The minimum absolute atomic E-state index is 0.00811. The molecule has 2 amide bonds. The van der Waals surface area contributed by atoms with Crippen LogP contribution in [-0.4, -0.2) is 30.4 Å². The van der Waals surface area contributed by atoms with Gasteiger partial charge >= 0.3 is 6.61 Å². The van der Waals surface area contributed by atoms with Crippen LogP contribution in [0.4, 0.5) is 8.78 Å². The molecule has 0 saturated carbocycles. The van der Waals surface area contributed by atoms with Crippen molar-refractivity contribution in [1.29, 1.82) is 0 Å². The maximum absolute atomic E-state index is 12.3. The molecule has 0 bridgehead atoms. The predicted octanol–water partition coefficient (Wildman–Crippen LogP) is 2.66. The second-order valence-corrected chi connectivity index (χ2v) is 5.13. The van der Waals surface area contributed by atoms with Gasteiger partial charge in [-0.25, -0.2) is 0 Å². The molecular formula is C17H16F2N2O3. The molecule has 0 atom stereocenters. The Hall–Kier alpha value is -2.96. The Morgan fingerprint density at radius 1 is 1.04 bits per heavy atom. The number of primary amides is 1. The van der Waals surface area contributed by atoms with Crippen LogP contribution in [0.5, 0.6) is 5.75 Å². The van der Waals surface area contributed by atoms with Crippen LogP contribution >= 0.6 is 0 Å². The van der Waals surface area contributed by atoms with Crippen LogP contribution in [0, 0.1) is 0 Å². The molecule has 0 aliphatic carbocycles. The van der Waals surface area contributed by atoms with E-state index in [1.54, 1.807) is 31.3 Å². The summed E-state index contributed by atoms with van der Waals surface area (Å²) in [6.45, 7) is -2.58. The van der Waals surface area contributed by atoms with Gasteiger partial charge in [0.05, 0.1) is 0 Å². The lowest BCUT2D eigenvalue weighted by molar-refractivity contribution is -0.0498. The first kappa shape index (κ1) is 17.4. The van der Waals surface area contributed by atoms with Gasteiger partial charge in [-0.15, -0.1) is 0 Å². The van der Waals surface area contributed by atoms with Gasteiger partial charge in [0, 0.05) is 24.7 Å². The summed E-state index contributed by atoms with van der Waals surface area (Å²) in [7, 11) is 1.62. The molecule has 5 nitrogen and oxygen atoms in total. The number of carbonyl (C=O) groups is 2. The summed E-state index contributed by atoms with van der Waals surface area (Å²) in [5.41, 5.74) is 6.74. The molecule has 0 heterocycles. The molecule has 0 spiro atoms. The predicted molar refractivity (Wildman–Crippen MR) is 83.8 cm³/mol. The zero-order chi connectivity index (χ0) is 17.7. The molecule has 2 aromatic carbocycles. The quantitative estimate of drug-likeness (QED) is 0.883. The summed E-state index contributed by atoms with van der Waals surface area (Å²) in [5, 5.41) is 0. The fraction of sp³-hybridized carbons (Fsp3) is 0.176. The molecule has 2 aromatic rings. The van der Waals surface area contributed by atoms with Gasteiger partial charge in [0.2, 0.25) is 5.91 Å². The Morgan fingerprint density at radius 2 is 1.58 bits per heavy atom. The highest BCUT2D eigenvalue weighted by Gasteiger charge is 2.13. The number of ether oxygens (including phenoxy) is 1. The molecule has 0 aliphatic rings. The van der Waals surface area contributed by atoms with Crippen molar-refractivity contribution in [3.8, 4) is 5.75 Å². The van der Waals surface area contributed by atoms with E-state index in [0.717, 1.165) is 5.56 Å². The van der Waals surface area contributed by atoms with Gasteiger partial charge in [-0.1, -0.05) is 12.1 Å². The average molecular weight is 334 g/mol. The van der Waals surface area contributed by atoms with Crippen LogP contribution < -0.4 is 10.5 Å². The van der Waals surface area contributed by atoms with E-state index in [0.29, 0.717) is 17.7 Å². The fourth-order valence-corrected chi connectivity index (χ4v) is 2.12. The summed E-state index contributed by atoms with van der Waals surface area (Å²) in [5.74, 6) is -0.791. The van der Waals surface area contributed by atoms with Gasteiger partial charge in [-0.05, 0) is 42.0 Å². The average Bonchev–Trinajstić information content (AvgIpc) is 2.54. The van der Waals surface area contributed by atoms with Crippen molar-refractivity contribution >= 4 is 11.8 Å². The number of benzene rings is 2. The first-order valence-corrected chi connectivity index (χ1v) is 7.06. The lowest BCUT2D eigenvalue weighted by atomic mass is 10.1. The number of halogens is 2. The molecule has 126 valence electrons. The molecular weight excluding hydrogens is 318 g/mol. The van der Waals surface area contributed by atoms with Crippen LogP contribution in [0.1, 0.15) is 26.3 Å². The highest BCUT2D eigenvalue weighted by Crippen LogP contribution is 2.16. The van der Waals surface area contributed by atoms with Gasteiger partial charge in [-0.3, -0.25) is 9.59 Å². The summed E-state index contributed by atoms with van der Waals surface area (Å²) >= 11 is 0. The van der Waals surface area contributed by atoms with Crippen LogP contribution in [0.25, 0.3) is 0 Å². The largest absolute Gasteiger partial charge is 0.435 e. The second-order valence-electron chi connectivity index (χ2n) is 5.13. The second kappa shape index (κ2) is 7.54. The molecule has 24 heavy (non-hydrogen) atoms. The van der Waals surface area contributed by atoms with Crippen LogP contribution in [0.2, 0.25) is 0 Å². The van der Waals surface area contributed by atoms with Gasteiger partial charge in [0.25, 0.3) is 5.91 Å². The molecule has 2 N–H and O–H groups in total. The minimum Gasteiger partial charge on any atom is -0.435 e. The molecule has 0 fully saturated rings. The van der Waals surface area contributed by atoms with Crippen molar-refractivity contribution in [2.45, 2.75) is 13.2 Å². The monoisotopic (exact) mass is 334 g/mol. The Bertz CT molecular complexity index is 716. The SMILES string of the molecule is CN(Cc1ccc(C(N)=O)cc1)C(=O)c1ccc(OC(F)F)cc1. The third-order valence-electron chi connectivity index (χ3n) is 3.33. The van der Waals surface area contributed by atoms with E-state index >= 15 is 0 Å². The number of alkyl halides is 2. The topological polar surface area (TPSA) is 72.6 Å². The zero-order valence-corrected chi connectivity index (χ0v) is 12.9. The Labute approximate surface area is 137 Å². The number of hydrogen-bond donors (Lipinski definition) is 1. The van der Waals surface area contributed by atoms with Crippen molar-refractivity contribution in [3.63, 3.8) is 0 Å². The minimum atomic E-state index is -2.91. The van der Waals surface area contributed by atoms with Crippen LogP contribution in [-0.2, 0) is 6.54 Å². The molecule has 0 saturated heterocycles. The zero-order valence-electron chi connectivity index (χ0n) is 12.9. The first-order valence-electron chi connectivity index (χ1n) is 7.06. The van der Waals surface area contributed by atoms with E-state index in [1.165, 1.54) is 29.2 Å². The van der Waals surface area contributed by atoms with E-state index in [9.17, 15) is 18.4 Å². The molecule has 2 rings (SSSR count). The van der Waals surface area contributed by atoms with Crippen molar-refractivity contribution in [2.24, 2.45) is 5.73 Å². The lowest BCUT2D eigenvalue weighted by Gasteiger charge is -2.17. The van der Waals surface area contributed by atoms with Crippen LogP contribution in [0.15, 0.2) is 48.5 Å². The molecule has 7 heteroatoms. The Morgan fingerprint density at radius 3 is 2.08 bits per heavy atom. The number of rotatable bonds is 6. The normalized spacial score (nSPS) is 10.5. The Balaban J connectivity index is 2.02. The molecule has 0 unspecified atom stereocenters. The van der Waals surface area contributed by atoms with E-state index in [2.05, 4.69) is 4.74 Å². The number of hydrogen-bond acceptors (Lipinski definition) is 3. The van der Waals surface area contributed by atoms with E-state index in [1.807, 2.05) is 0 Å². The Kier molecular flexibility index (Phi) is 5.47. The highest BCUT2D eigenvalue weighted by molar-refractivity contribution is 5.94. The van der Waals surface area contributed by atoms with Crippen molar-refractivity contribution < 1.29 is 23.1 Å². The van der Waals surface area contributed by atoms with Crippen molar-refractivity contribution in [1.82, 2.24) is 4.90 Å². The number of nitrogens with two attached hydrogens (primary N) is 1. The first-order chi connectivity index (χ1) is 11.4. The van der Waals surface area contributed by atoms with Gasteiger partial charge < -0.3 is 15.4 Å². The summed E-state index contributed by atoms with van der Waals surface area (Å²) in [4.78, 5) is 24.8. The summed E-state index contributed by atoms with van der Waals surface area (Å²) < 4.78 is 28.4. The van der Waals surface area contributed by atoms with Gasteiger partial charge in [0.15, 0.2) is 0 Å². The van der Waals surface area contributed by atoms with E-state index < -0.39 is 12.5 Å². The molecule has 0 aromatic heterocycles. The molecule has 0 radical (unpaired) electrons. The lowest BCUT2D eigenvalue weighted by Crippen LogP contribution is -2.26. The smallest absolute Gasteiger partial charge is 0.387 e. The van der Waals surface area contributed by atoms with E-state index in [4.69, 9.17) is 5.73 Å². The molecule has 0 aliphatic heterocycles. The number of carbonyl (C=O) groups excluding carboxylic acids is 2. The summed E-state index contributed by atoms with van der Waals surface area (Å²) in [6.07, 6.45) is 0. The maximum Gasteiger partial charge on any atom is 0.387 e.